The molecule has 15 heavy (non-hydrogen) atoms. The number of nitrogens with zero attached hydrogens (tertiary/aromatic N) is 3. The van der Waals surface area contributed by atoms with Crippen molar-refractivity contribution < 1.29 is 14.3 Å². The summed E-state index contributed by atoms with van der Waals surface area (Å²) in [7, 11) is 0. The first-order chi connectivity index (χ1) is 7.16. The van der Waals surface area contributed by atoms with Crippen LogP contribution >= 0.6 is 0 Å². The molecule has 76 valence electrons. The molecule has 2 rings (SSSR count). The Bertz CT molecular complexity index is 507. The molecule has 2 heterocycles. The van der Waals surface area contributed by atoms with Gasteiger partial charge in [0.15, 0.2) is 0 Å². The zero-order chi connectivity index (χ0) is 10.8. The Morgan fingerprint density at radius 1 is 1.47 bits per heavy atom. The maximum Gasteiger partial charge on any atom is 0.354 e. The van der Waals surface area contributed by atoms with Gasteiger partial charge >= 0.3 is 5.97 Å². The molecule has 0 aromatic carbocycles. The lowest BCUT2D eigenvalue weighted by Crippen LogP contribution is -1.99. The van der Waals surface area contributed by atoms with Gasteiger partial charge < -0.3 is 9.52 Å². The van der Waals surface area contributed by atoms with Gasteiger partial charge in [0.2, 0.25) is 11.8 Å². The van der Waals surface area contributed by atoms with Crippen molar-refractivity contribution in [3.63, 3.8) is 0 Å². The number of rotatable bonds is 2. The third-order valence-corrected chi connectivity index (χ3v) is 1.75. The average Bonchev–Trinajstić information content (AvgIpc) is 2.65. The molecular weight excluding hydrogens is 198 g/mol. The lowest BCUT2D eigenvalue weighted by molar-refractivity contribution is 0.0690. The Morgan fingerprint density at radius 2 is 2.27 bits per heavy atom. The minimum Gasteiger partial charge on any atom is -0.477 e. The van der Waals surface area contributed by atoms with Gasteiger partial charge in [-0.2, -0.15) is 0 Å². The van der Waals surface area contributed by atoms with Gasteiger partial charge in [0, 0.05) is 18.7 Å². The van der Waals surface area contributed by atoms with E-state index in [1.807, 2.05) is 0 Å². The van der Waals surface area contributed by atoms with E-state index in [0.717, 1.165) is 0 Å². The van der Waals surface area contributed by atoms with Gasteiger partial charge in [0.05, 0.1) is 0 Å². The molecule has 0 fully saturated rings. The molecule has 1 N–H and O–H groups in total. The van der Waals surface area contributed by atoms with E-state index in [2.05, 4.69) is 15.2 Å². The fourth-order valence-electron chi connectivity index (χ4n) is 1.09. The maximum absolute atomic E-state index is 10.7. The first-order valence-corrected chi connectivity index (χ1v) is 4.16. The predicted octanol–water partition coefficient (Wildman–Crippen LogP) is 1.14. The minimum atomic E-state index is -1.09. The Labute approximate surface area is 84.6 Å². The maximum atomic E-state index is 10.7. The second-order valence-electron chi connectivity index (χ2n) is 2.86. The number of aryl methyl sites for hydroxylation is 1. The van der Waals surface area contributed by atoms with Crippen LogP contribution in [0.2, 0.25) is 0 Å². The summed E-state index contributed by atoms with van der Waals surface area (Å²) in [4.78, 5) is 14.3. The van der Waals surface area contributed by atoms with Gasteiger partial charge in [-0.15, -0.1) is 10.2 Å². The highest BCUT2D eigenvalue weighted by Crippen LogP contribution is 2.17. The summed E-state index contributed by atoms with van der Waals surface area (Å²) < 4.78 is 5.16. The molecule has 2 aromatic rings. The molecule has 0 saturated heterocycles. The van der Waals surface area contributed by atoms with Crippen molar-refractivity contribution >= 4 is 5.97 Å². The van der Waals surface area contributed by atoms with Crippen LogP contribution in [0.3, 0.4) is 0 Å². The van der Waals surface area contributed by atoms with Crippen molar-refractivity contribution in [1.82, 2.24) is 15.2 Å². The lowest BCUT2D eigenvalue weighted by atomic mass is 10.2. The van der Waals surface area contributed by atoms with E-state index in [1.165, 1.54) is 12.3 Å². The minimum absolute atomic E-state index is 0.0525. The Balaban J connectivity index is 2.45. The van der Waals surface area contributed by atoms with Crippen LogP contribution in [0.15, 0.2) is 22.7 Å². The van der Waals surface area contributed by atoms with Crippen molar-refractivity contribution in [2.75, 3.05) is 0 Å². The van der Waals surface area contributed by atoms with Crippen molar-refractivity contribution in [3.8, 4) is 11.5 Å². The third kappa shape index (κ3) is 1.83. The summed E-state index contributed by atoms with van der Waals surface area (Å²) in [5.41, 5.74) is 0.492. The van der Waals surface area contributed by atoms with Gasteiger partial charge in [0.25, 0.3) is 0 Å². The van der Waals surface area contributed by atoms with E-state index in [-0.39, 0.29) is 11.6 Å². The first kappa shape index (κ1) is 9.32. The zero-order valence-corrected chi connectivity index (χ0v) is 7.84. The van der Waals surface area contributed by atoms with Crippen LogP contribution in [0.4, 0.5) is 0 Å². The number of carboxylic acids is 1. The topological polar surface area (TPSA) is 89.1 Å². The smallest absolute Gasteiger partial charge is 0.354 e. The molecule has 2 aromatic heterocycles. The fraction of sp³-hybridized carbons (Fsp3) is 0.111. The molecule has 0 atom stereocenters. The second-order valence-corrected chi connectivity index (χ2v) is 2.86. The van der Waals surface area contributed by atoms with E-state index < -0.39 is 5.97 Å². The lowest BCUT2D eigenvalue weighted by Gasteiger charge is -1.95. The SMILES string of the molecule is Cc1nnc(-c2ccnc(C(=O)O)c2)o1. The van der Waals surface area contributed by atoms with Gasteiger partial charge in [-0.3, -0.25) is 0 Å². The van der Waals surface area contributed by atoms with Gasteiger partial charge in [-0.25, -0.2) is 9.78 Å². The number of aromatic nitrogens is 3. The predicted molar refractivity (Wildman–Crippen MR) is 49.2 cm³/mol. The number of hydrogen-bond donors (Lipinski definition) is 1. The highest BCUT2D eigenvalue weighted by Gasteiger charge is 2.10. The van der Waals surface area contributed by atoms with Crippen molar-refractivity contribution in [2.45, 2.75) is 6.92 Å². The monoisotopic (exact) mass is 205 g/mol. The van der Waals surface area contributed by atoms with E-state index in [1.54, 1.807) is 13.0 Å². The summed E-state index contributed by atoms with van der Waals surface area (Å²) in [6.45, 7) is 1.66. The highest BCUT2D eigenvalue weighted by molar-refractivity contribution is 5.86. The quantitative estimate of drug-likeness (QED) is 0.790. The fourth-order valence-corrected chi connectivity index (χ4v) is 1.09. The molecular formula is C9H7N3O3. The second kappa shape index (κ2) is 3.49. The molecule has 0 radical (unpaired) electrons. The van der Waals surface area contributed by atoms with E-state index in [0.29, 0.717) is 11.5 Å². The third-order valence-electron chi connectivity index (χ3n) is 1.75. The summed E-state index contributed by atoms with van der Waals surface area (Å²) in [6.07, 6.45) is 1.39. The van der Waals surface area contributed by atoms with Crippen LogP contribution in [0.1, 0.15) is 16.4 Å². The highest BCUT2D eigenvalue weighted by atomic mass is 16.4. The molecule has 6 heteroatoms. The number of carboxylic acid groups (broad SMARTS) is 1. The van der Waals surface area contributed by atoms with Crippen LogP contribution in [0, 0.1) is 6.92 Å². The van der Waals surface area contributed by atoms with Crippen LogP contribution in [-0.4, -0.2) is 26.3 Å². The Hall–Kier alpha value is -2.24. The molecule has 6 nitrogen and oxygen atoms in total. The van der Waals surface area contributed by atoms with E-state index in [4.69, 9.17) is 9.52 Å². The van der Waals surface area contributed by atoms with E-state index >= 15 is 0 Å². The van der Waals surface area contributed by atoms with Crippen LogP contribution < -0.4 is 0 Å². The Morgan fingerprint density at radius 3 is 2.87 bits per heavy atom. The number of pyridine rings is 1. The number of carbonyl (C=O) groups is 1. The van der Waals surface area contributed by atoms with Gasteiger partial charge in [-0.1, -0.05) is 0 Å². The molecule has 0 amide bonds. The summed E-state index contributed by atoms with van der Waals surface area (Å²) in [5.74, 6) is -0.371. The van der Waals surface area contributed by atoms with Crippen LogP contribution in [0.25, 0.3) is 11.5 Å². The zero-order valence-electron chi connectivity index (χ0n) is 7.84. The number of aromatic carboxylic acids is 1. The van der Waals surface area contributed by atoms with Crippen LogP contribution in [0.5, 0.6) is 0 Å². The summed E-state index contributed by atoms with van der Waals surface area (Å²) >= 11 is 0. The largest absolute Gasteiger partial charge is 0.477 e. The first-order valence-electron chi connectivity index (χ1n) is 4.16. The molecule has 0 unspecified atom stereocenters. The molecule has 0 aliphatic heterocycles. The van der Waals surface area contributed by atoms with Crippen molar-refractivity contribution in [1.29, 1.82) is 0 Å². The standard InChI is InChI=1S/C9H7N3O3/c1-5-11-12-8(15-5)6-2-3-10-7(4-6)9(13)14/h2-4H,1H3,(H,13,14). The van der Waals surface area contributed by atoms with Gasteiger partial charge in [0.1, 0.15) is 5.69 Å². The van der Waals surface area contributed by atoms with Gasteiger partial charge in [-0.05, 0) is 12.1 Å². The van der Waals surface area contributed by atoms with Crippen molar-refractivity contribution in [2.24, 2.45) is 0 Å². The summed E-state index contributed by atoms with van der Waals surface area (Å²) in [5, 5.41) is 16.2. The summed E-state index contributed by atoms with van der Waals surface area (Å²) in [6, 6.07) is 2.99. The van der Waals surface area contributed by atoms with E-state index in [9.17, 15) is 4.79 Å². The van der Waals surface area contributed by atoms with Crippen LogP contribution in [-0.2, 0) is 0 Å². The number of hydrogen-bond acceptors (Lipinski definition) is 5. The normalized spacial score (nSPS) is 10.2. The molecule has 0 spiro atoms. The molecule has 0 aliphatic rings. The average molecular weight is 205 g/mol. The molecule has 0 saturated carbocycles. The molecule has 0 aliphatic carbocycles. The Kier molecular flexibility index (Phi) is 2.17. The molecule has 0 bridgehead atoms. The van der Waals surface area contributed by atoms with Crippen molar-refractivity contribution in [3.05, 3.63) is 29.9 Å².